The predicted octanol–water partition coefficient (Wildman–Crippen LogP) is 6.43. The highest BCUT2D eigenvalue weighted by molar-refractivity contribution is 14.2. The van der Waals surface area contributed by atoms with Gasteiger partial charge in [0.05, 0.1) is 12.3 Å². The highest BCUT2D eigenvalue weighted by Crippen LogP contribution is 2.36. The Morgan fingerprint density at radius 2 is 1.61 bits per heavy atom. The number of hydrogen-bond donors (Lipinski definition) is 1. The van der Waals surface area contributed by atoms with E-state index in [9.17, 15) is 0 Å². The quantitative estimate of drug-likeness (QED) is 0.183. The lowest BCUT2D eigenvalue weighted by Crippen LogP contribution is -2.47. The zero-order valence-corrected chi connectivity index (χ0v) is 23.5. The maximum absolute atomic E-state index is 15.1. The average Bonchev–Trinajstić information content (AvgIpc) is 3.15. The first-order valence-electron chi connectivity index (χ1n) is 10.7. The third-order valence-electron chi connectivity index (χ3n) is 5.43. The van der Waals surface area contributed by atoms with Gasteiger partial charge in [-0.1, -0.05) is 91.3 Å². The van der Waals surface area contributed by atoms with Crippen LogP contribution in [0, 0.1) is 0 Å². The van der Waals surface area contributed by atoms with E-state index in [0.717, 1.165) is 29.6 Å². The summed E-state index contributed by atoms with van der Waals surface area (Å²) in [7, 11) is -1.80. The molecule has 0 bridgehead atoms. The van der Waals surface area contributed by atoms with Gasteiger partial charge in [-0.15, -0.1) is 0 Å². The van der Waals surface area contributed by atoms with E-state index in [4.69, 9.17) is 4.43 Å². The molecule has 7 heteroatoms. The van der Waals surface area contributed by atoms with Crippen molar-refractivity contribution in [2.24, 2.45) is 0 Å². The Kier molecular flexibility index (Phi) is 7.52. The lowest BCUT2D eigenvalue weighted by molar-refractivity contribution is -0.0332. The maximum atomic E-state index is 15.1. The first-order chi connectivity index (χ1) is 15.6. The second kappa shape index (κ2) is 10.1. The van der Waals surface area contributed by atoms with Crippen LogP contribution in [-0.4, -0.2) is 25.1 Å². The fourth-order valence-electron chi connectivity index (χ4n) is 3.61. The molecule has 173 valence electrons. The summed E-state index contributed by atoms with van der Waals surface area (Å²) >= 11 is 2.81. The Hall–Kier alpha value is -1.42. The Bertz CT molecular complexity index is 1150. The van der Waals surface area contributed by atoms with E-state index in [1.54, 1.807) is 0 Å². The third kappa shape index (κ3) is 6.18. The largest absolute Gasteiger partial charge is 0.401 e. The van der Waals surface area contributed by atoms with Crippen molar-refractivity contribution in [2.75, 3.05) is 10.1 Å². The number of benzene rings is 3. The molecule has 1 radical (unpaired) electrons. The molecule has 0 aliphatic carbocycles. The molecule has 1 aliphatic rings. The van der Waals surface area contributed by atoms with Gasteiger partial charge in [-0.3, -0.25) is 0 Å². The molecular weight excluding hydrogens is 615 g/mol. The molecule has 2 nitrogen and oxygen atoms in total. The standard InChI is InChI=1S/C26H26BrF2INOSi/c1-25(2,3)18-9-12-21(13-10-18)33(20-7-5-4-6-8-20)32-17-26(28,29)16-23-22-15-19(27)11-14-24(22)31-30-23/h4-15,31H,16-17H2,1-3H3. The zero-order chi connectivity index (χ0) is 23.6. The first-order valence-corrected chi connectivity index (χ1v) is 15.1. The summed E-state index contributed by atoms with van der Waals surface area (Å²) in [5.74, 6) is -2.93. The van der Waals surface area contributed by atoms with Crippen molar-refractivity contribution >= 4 is 65.5 Å². The molecule has 1 N–H and O–H groups in total. The highest BCUT2D eigenvalue weighted by atomic mass is 127. The Morgan fingerprint density at radius 3 is 2.27 bits per heavy atom. The van der Waals surface area contributed by atoms with Crippen molar-refractivity contribution in [3.8, 4) is 0 Å². The van der Waals surface area contributed by atoms with E-state index in [1.165, 1.54) is 5.56 Å². The lowest BCUT2D eigenvalue weighted by atomic mass is 9.87. The Labute approximate surface area is 214 Å². The number of hydrogen-bond acceptors (Lipinski definition) is 2. The number of fused-ring (bicyclic) bond motifs is 1. The molecule has 3 aromatic carbocycles. The summed E-state index contributed by atoms with van der Waals surface area (Å²) in [6, 6.07) is 23.8. The van der Waals surface area contributed by atoms with Gasteiger partial charge in [-0.05, 0) is 39.6 Å². The minimum absolute atomic E-state index is 0.0347. The van der Waals surface area contributed by atoms with Crippen molar-refractivity contribution in [3.05, 3.63) is 88.4 Å². The average molecular weight is 641 g/mol. The van der Waals surface area contributed by atoms with E-state index in [0.29, 0.717) is 0 Å². The predicted molar refractivity (Wildman–Crippen MR) is 148 cm³/mol. The fraction of sp³-hybridized carbons (Fsp3) is 0.269. The molecule has 0 atom stereocenters. The van der Waals surface area contributed by atoms with Crippen LogP contribution >= 0.6 is 36.9 Å². The van der Waals surface area contributed by atoms with Crippen LogP contribution in [0.1, 0.15) is 38.3 Å². The molecule has 0 saturated heterocycles. The van der Waals surface area contributed by atoms with Gasteiger partial charge in [-0.25, -0.2) is 8.78 Å². The number of anilines is 1. The van der Waals surface area contributed by atoms with Crippen molar-refractivity contribution in [1.82, 2.24) is 0 Å². The molecule has 0 saturated carbocycles. The van der Waals surface area contributed by atoms with Crippen LogP contribution in [0.3, 0.4) is 0 Å². The summed E-state index contributed by atoms with van der Waals surface area (Å²) < 4.78 is 41.4. The van der Waals surface area contributed by atoms with Crippen molar-refractivity contribution in [3.63, 3.8) is 0 Å². The monoisotopic (exact) mass is 640 g/mol. The summed E-state index contributed by atoms with van der Waals surface area (Å²) in [5.41, 5.74) is 3.10. The van der Waals surface area contributed by atoms with Crippen LogP contribution < -0.4 is 13.9 Å². The summed E-state index contributed by atoms with van der Waals surface area (Å²) in [6.45, 7) is 5.90. The topological polar surface area (TPSA) is 21.3 Å². The molecule has 4 rings (SSSR count). The van der Waals surface area contributed by atoms with Gasteiger partial charge in [0, 0.05) is 41.0 Å². The molecule has 33 heavy (non-hydrogen) atoms. The van der Waals surface area contributed by atoms with Crippen LogP contribution in [0.15, 0.2) is 77.3 Å². The Balaban J connectivity index is 1.52. The van der Waals surface area contributed by atoms with Gasteiger partial charge in [0.2, 0.25) is 0 Å². The van der Waals surface area contributed by atoms with Crippen LogP contribution in [-0.2, 0) is 9.84 Å². The van der Waals surface area contributed by atoms with Crippen LogP contribution in [0.25, 0.3) is 0 Å². The van der Waals surface area contributed by atoms with Gasteiger partial charge in [-0.2, -0.15) is 0 Å². The van der Waals surface area contributed by atoms with E-state index in [2.05, 4.69) is 52.4 Å². The Morgan fingerprint density at radius 1 is 0.939 bits per heavy atom. The number of halogens is 4. The zero-order valence-electron chi connectivity index (χ0n) is 18.8. The fourth-order valence-corrected chi connectivity index (χ4v) is 8.53. The second-order valence-electron chi connectivity index (χ2n) is 9.13. The minimum atomic E-state index is -2.93. The molecule has 1 heterocycles. The molecule has 0 amide bonds. The summed E-state index contributed by atoms with van der Waals surface area (Å²) in [6.07, 6.45) is -0.274. The number of nitrogens with one attached hydrogen (secondary N) is 1. The summed E-state index contributed by atoms with van der Waals surface area (Å²) in [4.78, 5) is 0. The summed E-state index contributed by atoms with van der Waals surface area (Å²) in [5, 5.41) is 1.95. The number of alkyl halides is 2. The van der Waals surface area contributed by atoms with E-state index in [1.807, 2.05) is 60.7 Å². The molecule has 0 fully saturated rings. The van der Waals surface area contributed by atoms with Crippen LogP contribution in [0.4, 0.5) is 14.5 Å². The SMILES string of the molecule is CC(C)(C)c1ccc([Si](OCC(F)(F)CC2=INc3ccc(Br)cc32)c2ccccc2)cc1. The van der Waals surface area contributed by atoms with Crippen LogP contribution in [0.2, 0.25) is 0 Å². The normalized spacial score (nSPS) is 13.8. The third-order valence-corrected chi connectivity index (χ3v) is 10.5. The van der Waals surface area contributed by atoms with Crippen molar-refractivity contribution in [2.45, 2.75) is 38.5 Å². The van der Waals surface area contributed by atoms with E-state index < -0.39 is 42.6 Å². The highest BCUT2D eigenvalue weighted by Gasteiger charge is 2.35. The van der Waals surface area contributed by atoms with Crippen molar-refractivity contribution < 1.29 is 13.2 Å². The van der Waals surface area contributed by atoms with Gasteiger partial charge in [0.15, 0.2) is 0 Å². The molecule has 3 aromatic rings. The van der Waals surface area contributed by atoms with Gasteiger partial charge < -0.3 is 7.96 Å². The van der Waals surface area contributed by atoms with Gasteiger partial charge in [0.1, 0.15) is 0 Å². The minimum Gasteiger partial charge on any atom is -0.401 e. The lowest BCUT2D eigenvalue weighted by Gasteiger charge is -2.23. The molecule has 1 aliphatic heterocycles. The van der Waals surface area contributed by atoms with Crippen LogP contribution in [0.5, 0.6) is 0 Å². The van der Waals surface area contributed by atoms with Gasteiger partial charge >= 0.3 is 0 Å². The van der Waals surface area contributed by atoms with E-state index in [-0.39, 0.29) is 11.8 Å². The molecular formula is C26H26BrF2INOSi. The molecule has 0 aromatic heterocycles. The second-order valence-corrected chi connectivity index (χ2v) is 14.5. The number of rotatable bonds is 7. The first kappa shape index (κ1) is 24.7. The molecule has 0 unspecified atom stereocenters. The smallest absolute Gasteiger partial charge is 0.283 e. The maximum Gasteiger partial charge on any atom is 0.283 e. The molecule has 0 spiro atoms. The van der Waals surface area contributed by atoms with Crippen molar-refractivity contribution in [1.29, 1.82) is 0 Å². The van der Waals surface area contributed by atoms with E-state index >= 15 is 8.78 Å². The van der Waals surface area contributed by atoms with Gasteiger partial charge in [0.25, 0.3) is 15.0 Å².